The van der Waals surface area contributed by atoms with E-state index in [1.54, 1.807) is 12.3 Å². The molecule has 0 fully saturated rings. The minimum Gasteiger partial charge on any atom is -0.462 e. The van der Waals surface area contributed by atoms with Gasteiger partial charge in [-0.3, -0.25) is 4.79 Å². The lowest BCUT2D eigenvalue weighted by Gasteiger charge is -2.08. The highest BCUT2D eigenvalue weighted by molar-refractivity contribution is 7.91. The lowest BCUT2D eigenvalue weighted by Crippen LogP contribution is -2.14. The molecule has 0 atom stereocenters. The van der Waals surface area contributed by atoms with Gasteiger partial charge in [0, 0.05) is 16.0 Å². The summed E-state index contributed by atoms with van der Waals surface area (Å²) in [6, 6.07) is 15.7. The fourth-order valence-corrected chi connectivity index (χ4v) is 5.53. The number of hydrogen-bond donors (Lipinski definition) is 1. The number of furan rings is 1. The van der Waals surface area contributed by atoms with Gasteiger partial charge < -0.3 is 14.5 Å². The summed E-state index contributed by atoms with van der Waals surface area (Å²) in [7, 11) is -3.98. The van der Waals surface area contributed by atoms with Crippen molar-refractivity contribution in [1.82, 2.24) is 0 Å². The number of esters is 1. The topological polar surface area (TPSA) is 103 Å². The number of nitrogens with one attached hydrogen (secondary N) is 1. The fourth-order valence-electron chi connectivity index (χ4n) is 3.28. The Kier molecular flexibility index (Phi) is 7.11. The van der Waals surface area contributed by atoms with E-state index in [9.17, 15) is 18.0 Å². The highest BCUT2D eigenvalue weighted by atomic mass is 35.5. The van der Waals surface area contributed by atoms with E-state index in [0.29, 0.717) is 10.6 Å². The van der Waals surface area contributed by atoms with Crippen molar-refractivity contribution in [2.24, 2.45) is 0 Å². The summed E-state index contributed by atoms with van der Waals surface area (Å²) in [4.78, 5) is 25.6. The van der Waals surface area contributed by atoms with Gasteiger partial charge in [-0.1, -0.05) is 41.4 Å². The Bertz CT molecular complexity index is 1490. The molecule has 35 heavy (non-hydrogen) atoms. The van der Waals surface area contributed by atoms with E-state index in [2.05, 4.69) is 5.32 Å². The molecule has 0 unspecified atom stereocenters. The second-order valence-electron chi connectivity index (χ2n) is 7.47. The third-order valence-corrected chi connectivity index (χ3v) is 7.84. The highest BCUT2D eigenvalue weighted by Gasteiger charge is 2.26. The molecule has 0 aliphatic heterocycles. The molecule has 1 N–H and O–H groups in total. The van der Waals surface area contributed by atoms with Crippen LogP contribution in [0.4, 0.5) is 5.00 Å². The molecule has 0 spiro atoms. The zero-order valence-corrected chi connectivity index (χ0v) is 21.1. The van der Waals surface area contributed by atoms with Crippen LogP contribution in [0.15, 0.2) is 80.4 Å². The molecule has 4 rings (SSSR count). The summed E-state index contributed by atoms with van der Waals surface area (Å²) in [5, 5.41) is 4.68. The number of sulfone groups is 1. The van der Waals surface area contributed by atoms with Crippen molar-refractivity contribution in [3.05, 3.63) is 88.0 Å². The number of thiophene rings is 1. The van der Waals surface area contributed by atoms with E-state index in [-0.39, 0.29) is 32.9 Å². The minimum absolute atomic E-state index is 0.0196. The molecule has 0 saturated heterocycles. The van der Waals surface area contributed by atoms with Crippen LogP contribution in [0.5, 0.6) is 0 Å². The first-order valence-electron chi connectivity index (χ1n) is 10.5. The number of rotatable bonds is 7. The number of anilines is 1. The lowest BCUT2D eigenvalue weighted by atomic mass is 10.0. The Balaban J connectivity index is 1.63. The highest BCUT2D eigenvalue weighted by Crippen LogP contribution is 2.37. The van der Waals surface area contributed by atoms with Gasteiger partial charge in [-0.05, 0) is 55.8 Å². The molecular formula is C25H20ClNO6S2. The number of amides is 1. The van der Waals surface area contributed by atoms with Gasteiger partial charge in [0.15, 0.2) is 5.76 Å². The van der Waals surface area contributed by atoms with E-state index in [1.807, 2.05) is 31.2 Å². The van der Waals surface area contributed by atoms with Gasteiger partial charge in [-0.2, -0.15) is 0 Å². The first-order chi connectivity index (χ1) is 16.7. The van der Waals surface area contributed by atoms with Crippen molar-refractivity contribution in [2.45, 2.75) is 23.8 Å². The van der Waals surface area contributed by atoms with Crippen LogP contribution in [0.3, 0.4) is 0 Å². The van der Waals surface area contributed by atoms with Crippen LogP contribution in [-0.4, -0.2) is 26.9 Å². The Morgan fingerprint density at radius 1 is 1.03 bits per heavy atom. The smallest absolute Gasteiger partial charge is 0.341 e. The molecular weight excluding hydrogens is 510 g/mol. The summed E-state index contributed by atoms with van der Waals surface area (Å²) >= 11 is 6.99. The molecule has 0 radical (unpaired) electrons. The molecule has 7 nitrogen and oxygen atoms in total. The standard InChI is InChI=1S/C25H20ClNO6S2/c1-3-32-25(29)22-19(16-6-4-15(2)5-7-16)14-34-24(22)27-23(28)20-12-13-21(33-20)35(30,31)18-10-8-17(26)9-11-18/h4-14H,3H2,1-2H3,(H,27,28). The van der Waals surface area contributed by atoms with Gasteiger partial charge in [0.1, 0.15) is 10.6 Å². The molecule has 0 saturated carbocycles. The fraction of sp³-hybridized carbons (Fsp3) is 0.120. The van der Waals surface area contributed by atoms with Crippen molar-refractivity contribution in [3.63, 3.8) is 0 Å². The van der Waals surface area contributed by atoms with Crippen LogP contribution in [-0.2, 0) is 14.6 Å². The minimum atomic E-state index is -3.98. The lowest BCUT2D eigenvalue weighted by molar-refractivity contribution is 0.0529. The van der Waals surface area contributed by atoms with Crippen molar-refractivity contribution in [2.75, 3.05) is 11.9 Å². The third-order valence-electron chi connectivity index (χ3n) is 5.05. The van der Waals surface area contributed by atoms with E-state index >= 15 is 0 Å². The van der Waals surface area contributed by atoms with Crippen molar-refractivity contribution >= 4 is 49.7 Å². The number of carbonyl (C=O) groups is 2. The second-order valence-corrected chi connectivity index (χ2v) is 10.7. The number of aryl methyl sites for hydroxylation is 1. The molecule has 2 aromatic heterocycles. The molecule has 0 aliphatic carbocycles. The predicted octanol–water partition coefficient (Wildman–Crippen LogP) is 6.23. The van der Waals surface area contributed by atoms with Crippen molar-refractivity contribution < 1.29 is 27.2 Å². The van der Waals surface area contributed by atoms with Crippen molar-refractivity contribution in [3.8, 4) is 11.1 Å². The maximum absolute atomic E-state index is 12.9. The van der Waals surface area contributed by atoms with E-state index in [4.69, 9.17) is 20.8 Å². The van der Waals surface area contributed by atoms with Crippen molar-refractivity contribution in [1.29, 1.82) is 0 Å². The van der Waals surface area contributed by atoms with Gasteiger partial charge in [-0.25, -0.2) is 13.2 Å². The van der Waals surface area contributed by atoms with Gasteiger partial charge >= 0.3 is 5.97 Å². The zero-order chi connectivity index (χ0) is 25.2. The number of halogens is 1. The quantitative estimate of drug-likeness (QED) is 0.285. The molecule has 1 amide bonds. The maximum atomic E-state index is 12.9. The van der Waals surface area contributed by atoms with E-state index < -0.39 is 21.7 Å². The SMILES string of the molecule is CCOC(=O)c1c(-c2ccc(C)cc2)csc1NC(=O)c1ccc(S(=O)(=O)c2ccc(Cl)cc2)o1. The molecule has 4 aromatic rings. The molecule has 2 aromatic carbocycles. The number of ether oxygens (including phenoxy) is 1. The third kappa shape index (κ3) is 5.17. The summed E-state index contributed by atoms with van der Waals surface area (Å²) in [6.07, 6.45) is 0. The summed E-state index contributed by atoms with van der Waals surface area (Å²) in [6.45, 7) is 3.82. The van der Waals surface area contributed by atoms with Gasteiger partial charge in [-0.15, -0.1) is 11.3 Å². The second kappa shape index (κ2) is 10.1. The summed E-state index contributed by atoms with van der Waals surface area (Å²) in [5.41, 5.74) is 2.70. The zero-order valence-electron chi connectivity index (χ0n) is 18.7. The van der Waals surface area contributed by atoms with E-state index in [0.717, 1.165) is 22.5 Å². The maximum Gasteiger partial charge on any atom is 0.341 e. The largest absolute Gasteiger partial charge is 0.462 e. The number of hydrogen-bond acceptors (Lipinski definition) is 7. The van der Waals surface area contributed by atoms with Crippen LogP contribution >= 0.6 is 22.9 Å². The van der Waals surface area contributed by atoms with Crippen LogP contribution in [0.25, 0.3) is 11.1 Å². The van der Waals surface area contributed by atoms with Crippen LogP contribution in [0.1, 0.15) is 33.4 Å². The Labute approximate surface area is 211 Å². The summed E-state index contributed by atoms with van der Waals surface area (Å²) < 4.78 is 36.2. The molecule has 10 heteroatoms. The Hall–Kier alpha value is -3.40. The average molecular weight is 530 g/mol. The van der Waals surface area contributed by atoms with Crippen LogP contribution < -0.4 is 5.32 Å². The Morgan fingerprint density at radius 3 is 2.37 bits per heavy atom. The average Bonchev–Trinajstić information content (AvgIpc) is 3.48. The van der Waals surface area contributed by atoms with Crippen LogP contribution in [0, 0.1) is 6.92 Å². The van der Waals surface area contributed by atoms with Gasteiger partial charge in [0.05, 0.1) is 11.5 Å². The molecule has 0 aliphatic rings. The molecule has 180 valence electrons. The predicted molar refractivity (Wildman–Crippen MR) is 134 cm³/mol. The molecule has 2 heterocycles. The molecule has 0 bridgehead atoms. The van der Waals surface area contributed by atoms with Gasteiger partial charge in [0.2, 0.25) is 14.9 Å². The monoisotopic (exact) mass is 529 g/mol. The first-order valence-corrected chi connectivity index (χ1v) is 13.2. The Morgan fingerprint density at radius 2 is 1.71 bits per heavy atom. The number of carbonyl (C=O) groups excluding carboxylic acids is 2. The van der Waals surface area contributed by atoms with Crippen LogP contribution in [0.2, 0.25) is 5.02 Å². The summed E-state index contributed by atoms with van der Waals surface area (Å²) in [5.74, 6) is -1.51. The number of benzene rings is 2. The van der Waals surface area contributed by atoms with Gasteiger partial charge in [0.25, 0.3) is 5.91 Å². The first kappa shape index (κ1) is 24.7. The van der Waals surface area contributed by atoms with E-state index in [1.165, 1.54) is 36.4 Å². The normalized spacial score (nSPS) is 11.3.